The maximum atomic E-state index is 11.6. The molecule has 0 atom stereocenters. The Morgan fingerprint density at radius 3 is 2.74 bits per heavy atom. The number of aromatic nitrogens is 2. The van der Waals surface area contributed by atoms with Crippen molar-refractivity contribution in [3.8, 4) is 6.01 Å². The second-order valence-corrected chi connectivity index (χ2v) is 4.26. The van der Waals surface area contributed by atoms with Crippen molar-refractivity contribution in [1.82, 2.24) is 9.97 Å². The minimum Gasteiger partial charge on any atom is -0.453 e. The minimum absolute atomic E-state index is 0.147. The molecular weight excluding hydrogens is 266 g/mol. The zero-order valence-electron chi connectivity index (χ0n) is 10.3. The average molecular weight is 278 g/mol. The molecule has 0 saturated heterocycles. The van der Waals surface area contributed by atoms with E-state index < -0.39 is 0 Å². The molecule has 1 aromatic heterocycles. The summed E-state index contributed by atoms with van der Waals surface area (Å²) >= 11 is 5.75. The van der Waals surface area contributed by atoms with Gasteiger partial charge in [-0.25, -0.2) is 9.97 Å². The lowest BCUT2D eigenvalue weighted by molar-refractivity contribution is -0.118. The standard InChI is InChI=1S/C13H12ClN3O2/c1-9-6-7-15-13(16-9)19-8-12(18)17-11-4-2-10(14)3-5-11/h2-7H,8H2,1H3,(H,17,18). The van der Waals surface area contributed by atoms with Gasteiger partial charge in [0.2, 0.25) is 0 Å². The molecule has 0 fully saturated rings. The molecule has 0 aliphatic heterocycles. The molecule has 0 radical (unpaired) electrons. The lowest BCUT2D eigenvalue weighted by atomic mass is 10.3. The number of nitrogens with zero attached hydrogens (tertiary/aromatic N) is 2. The zero-order chi connectivity index (χ0) is 13.7. The number of halogens is 1. The number of ether oxygens (including phenoxy) is 1. The SMILES string of the molecule is Cc1ccnc(OCC(=O)Nc2ccc(Cl)cc2)n1. The fourth-order valence-electron chi connectivity index (χ4n) is 1.36. The highest BCUT2D eigenvalue weighted by Crippen LogP contribution is 2.13. The van der Waals surface area contributed by atoms with Gasteiger partial charge in [-0.1, -0.05) is 11.6 Å². The summed E-state index contributed by atoms with van der Waals surface area (Å²) in [6, 6.07) is 8.75. The second-order valence-electron chi connectivity index (χ2n) is 3.82. The highest BCUT2D eigenvalue weighted by atomic mass is 35.5. The number of benzene rings is 1. The molecule has 0 aliphatic carbocycles. The van der Waals surface area contributed by atoms with Crippen LogP contribution in [0.1, 0.15) is 5.69 Å². The van der Waals surface area contributed by atoms with Crippen LogP contribution in [0.15, 0.2) is 36.5 Å². The first-order valence-corrected chi connectivity index (χ1v) is 5.99. The third kappa shape index (κ3) is 4.22. The molecule has 0 bridgehead atoms. The van der Waals surface area contributed by atoms with Crippen LogP contribution in [0.25, 0.3) is 0 Å². The molecule has 1 N–H and O–H groups in total. The van der Waals surface area contributed by atoms with Gasteiger partial charge in [-0.2, -0.15) is 0 Å². The Balaban J connectivity index is 1.86. The molecule has 0 unspecified atom stereocenters. The maximum Gasteiger partial charge on any atom is 0.317 e. The Hall–Kier alpha value is -2.14. The summed E-state index contributed by atoms with van der Waals surface area (Å²) in [5, 5.41) is 3.29. The molecule has 98 valence electrons. The van der Waals surface area contributed by atoms with E-state index >= 15 is 0 Å². The molecule has 5 nitrogen and oxygen atoms in total. The zero-order valence-corrected chi connectivity index (χ0v) is 11.0. The first-order chi connectivity index (χ1) is 9.13. The summed E-state index contributed by atoms with van der Waals surface area (Å²) in [6.07, 6.45) is 1.58. The van der Waals surface area contributed by atoms with Crippen molar-refractivity contribution < 1.29 is 9.53 Å². The molecule has 1 heterocycles. The van der Waals surface area contributed by atoms with Gasteiger partial charge in [0, 0.05) is 22.6 Å². The Morgan fingerprint density at radius 1 is 1.32 bits per heavy atom. The van der Waals surface area contributed by atoms with Crippen molar-refractivity contribution >= 4 is 23.2 Å². The number of aryl methyl sites for hydroxylation is 1. The smallest absolute Gasteiger partial charge is 0.317 e. The van der Waals surface area contributed by atoms with Crippen LogP contribution in [0.3, 0.4) is 0 Å². The first-order valence-electron chi connectivity index (χ1n) is 5.61. The van der Waals surface area contributed by atoms with Crippen molar-refractivity contribution in [2.24, 2.45) is 0 Å². The monoisotopic (exact) mass is 277 g/mol. The predicted molar refractivity (Wildman–Crippen MR) is 72.3 cm³/mol. The van der Waals surface area contributed by atoms with E-state index in [0.717, 1.165) is 5.69 Å². The topological polar surface area (TPSA) is 64.1 Å². The molecule has 1 aromatic carbocycles. The van der Waals surface area contributed by atoms with Gasteiger partial charge in [0.1, 0.15) is 0 Å². The van der Waals surface area contributed by atoms with E-state index in [1.807, 2.05) is 6.92 Å². The van der Waals surface area contributed by atoms with E-state index in [0.29, 0.717) is 10.7 Å². The first kappa shape index (κ1) is 13.3. The van der Waals surface area contributed by atoms with E-state index in [-0.39, 0.29) is 18.5 Å². The Morgan fingerprint density at radius 2 is 2.05 bits per heavy atom. The number of carbonyl (C=O) groups is 1. The summed E-state index contributed by atoms with van der Waals surface area (Å²) in [5.41, 5.74) is 1.44. The molecule has 0 spiro atoms. The van der Waals surface area contributed by atoms with Crippen molar-refractivity contribution in [1.29, 1.82) is 0 Å². The van der Waals surface area contributed by atoms with Gasteiger partial charge in [0.05, 0.1) is 0 Å². The van der Waals surface area contributed by atoms with Crippen LogP contribution in [0, 0.1) is 6.92 Å². The largest absolute Gasteiger partial charge is 0.453 e. The van der Waals surface area contributed by atoms with Crippen LogP contribution in [0.5, 0.6) is 6.01 Å². The number of rotatable bonds is 4. The molecule has 2 rings (SSSR count). The third-order valence-electron chi connectivity index (χ3n) is 2.23. The quantitative estimate of drug-likeness (QED) is 0.932. The van der Waals surface area contributed by atoms with Crippen LogP contribution in [-0.4, -0.2) is 22.5 Å². The van der Waals surface area contributed by atoms with Crippen LogP contribution >= 0.6 is 11.6 Å². The molecule has 6 heteroatoms. The normalized spacial score (nSPS) is 10.0. The van der Waals surface area contributed by atoms with Crippen LogP contribution in [-0.2, 0) is 4.79 Å². The molecule has 1 amide bonds. The number of carbonyl (C=O) groups excluding carboxylic acids is 1. The van der Waals surface area contributed by atoms with Crippen molar-refractivity contribution in [3.05, 3.63) is 47.2 Å². The van der Waals surface area contributed by atoms with Gasteiger partial charge < -0.3 is 10.1 Å². The molecule has 0 aliphatic rings. The number of amides is 1. The van der Waals surface area contributed by atoms with E-state index in [9.17, 15) is 4.79 Å². The number of nitrogens with one attached hydrogen (secondary N) is 1. The average Bonchev–Trinajstić information content (AvgIpc) is 2.39. The van der Waals surface area contributed by atoms with Gasteiger partial charge in [-0.05, 0) is 37.3 Å². The van der Waals surface area contributed by atoms with E-state index in [1.165, 1.54) is 0 Å². The van der Waals surface area contributed by atoms with Gasteiger partial charge in [0.15, 0.2) is 6.61 Å². The molecule has 0 saturated carbocycles. The van der Waals surface area contributed by atoms with Gasteiger partial charge in [-0.15, -0.1) is 0 Å². The van der Waals surface area contributed by atoms with Gasteiger partial charge in [0.25, 0.3) is 5.91 Å². The van der Waals surface area contributed by atoms with Gasteiger partial charge in [-0.3, -0.25) is 4.79 Å². The summed E-state index contributed by atoms with van der Waals surface area (Å²) < 4.78 is 5.18. The van der Waals surface area contributed by atoms with Crippen molar-refractivity contribution in [2.75, 3.05) is 11.9 Å². The third-order valence-corrected chi connectivity index (χ3v) is 2.49. The summed E-state index contributed by atoms with van der Waals surface area (Å²) in [6.45, 7) is 1.68. The fraction of sp³-hybridized carbons (Fsp3) is 0.154. The summed E-state index contributed by atoms with van der Waals surface area (Å²) in [5.74, 6) is -0.285. The molecule has 19 heavy (non-hydrogen) atoms. The van der Waals surface area contributed by atoms with Crippen molar-refractivity contribution in [3.63, 3.8) is 0 Å². The van der Waals surface area contributed by atoms with Crippen LogP contribution in [0.4, 0.5) is 5.69 Å². The van der Waals surface area contributed by atoms with Crippen LogP contribution < -0.4 is 10.1 Å². The lowest BCUT2D eigenvalue weighted by Crippen LogP contribution is -2.20. The number of hydrogen-bond acceptors (Lipinski definition) is 4. The highest BCUT2D eigenvalue weighted by Gasteiger charge is 2.05. The summed E-state index contributed by atoms with van der Waals surface area (Å²) in [7, 11) is 0. The molecular formula is C13H12ClN3O2. The Bertz CT molecular complexity index is 572. The minimum atomic E-state index is -0.285. The second kappa shape index (κ2) is 6.15. The van der Waals surface area contributed by atoms with Crippen molar-refractivity contribution in [2.45, 2.75) is 6.92 Å². The Kier molecular flexibility index (Phi) is 4.30. The molecule has 2 aromatic rings. The van der Waals surface area contributed by atoms with Gasteiger partial charge >= 0.3 is 6.01 Å². The van der Waals surface area contributed by atoms with E-state index in [2.05, 4.69) is 15.3 Å². The van der Waals surface area contributed by atoms with Crippen LogP contribution in [0.2, 0.25) is 5.02 Å². The Labute approximate surface area is 115 Å². The number of anilines is 1. The van der Waals surface area contributed by atoms with E-state index in [4.69, 9.17) is 16.3 Å². The summed E-state index contributed by atoms with van der Waals surface area (Å²) in [4.78, 5) is 19.6. The number of hydrogen-bond donors (Lipinski definition) is 1. The van der Waals surface area contributed by atoms with E-state index in [1.54, 1.807) is 36.5 Å². The lowest BCUT2D eigenvalue weighted by Gasteiger charge is -2.06. The predicted octanol–water partition coefficient (Wildman–Crippen LogP) is 2.46. The highest BCUT2D eigenvalue weighted by molar-refractivity contribution is 6.30. The maximum absolute atomic E-state index is 11.6. The fourth-order valence-corrected chi connectivity index (χ4v) is 1.48.